The van der Waals surface area contributed by atoms with Gasteiger partial charge in [0.1, 0.15) is 0 Å². The Morgan fingerprint density at radius 3 is 2.79 bits per heavy atom. The highest BCUT2D eigenvalue weighted by molar-refractivity contribution is 9.10. The Labute approximate surface area is 101 Å². The average molecular weight is 296 g/mol. The van der Waals surface area contributed by atoms with Crippen molar-refractivity contribution in [3.63, 3.8) is 0 Å². The lowest BCUT2D eigenvalue weighted by atomic mass is 10.2. The van der Waals surface area contributed by atoms with Crippen molar-refractivity contribution >= 4 is 46.1 Å². The molecular formula is C9H8BrClO2S. The van der Waals surface area contributed by atoms with Gasteiger partial charge >= 0.3 is 5.97 Å². The molecule has 0 radical (unpaired) electrons. The van der Waals surface area contributed by atoms with Crippen molar-refractivity contribution in [2.45, 2.75) is 11.8 Å². The third-order valence-corrected chi connectivity index (χ3v) is 2.62. The Balaban J connectivity index is 3.14. The summed E-state index contributed by atoms with van der Waals surface area (Å²) < 4.78 is 5.62. The van der Waals surface area contributed by atoms with E-state index < -0.39 is 5.97 Å². The van der Waals surface area contributed by atoms with E-state index in [2.05, 4.69) is 28.6 Å². The Morgan fingerprint density at radius 1 is 1.64 bits per heavy atom. The van der Waals surface area contributed by atoms with E-state index in [0.29, 0.717) is 22.1 Å². The first-order valence-corrected chi connectivity index (χ1v) is 5.53. The van der Waals surface area contributed by atoms with Gasteiger partial charge in [0.05, 0.1) is 17.2 Å². The molecule has 0 heterocycles. The maximum Gasteiger partial charge on any atom is 0.340 e. The van der Waals surface area contributed by atoms with Gasteiger partial charge in [0, 0.05) is 9.37 Å². The molecule has 1 aromatic rings. The normalized spacial score (nSPS) is 10.0. The molecule has 1 rings (SSSR count). The van der Waals surface area contributed by atoms with Gasteiger partial charge in [-0.05, 0) is 19.1 Å². The van der Waals surface area contributed by atoms with E-state index in [1.54, 1.807) is 19.1 Å². The fourth-order valence-electron chi connectivity index (χ4n) is 0.965. The van der Waals surface area contributed by atoms with Crippen LogP contribution in [0.1, 0.15) is 17.3 Å². The van der Waals surface area contributed by atoms with Gasteiger partial charge in [-0.2, -0.15) is 0 Å². The summed E-state index contributed by atoms with van der Waals surface area (Å²) in [6.45, 7) is 2.06. The van der Waals surface area contributed by atoms with Gasteiger partial charge in [0.15, 0.2) is 0 Å². The molecule has 0 aliphatic rings. The van der Waals surface area contributed by atoms with Crippen molar-refractivity contribution in [1.82, 2.24) is 0 Å². The van der Waals surface area contributed by atoms with Crippen LogP contribution in [0.5, 0.6) is 0 Å². The number of carbonyl (C=O) groups excluding carboxylic acids is 1. The van der Waals surface area contributed by atoms with Gasteiger partial charge < -0.3 is 4.74 Å². The fourth-order valence-corrected chi connectivity index (χ4v) is 2.45. The first-order valence-electron chi connectivity index (χ1n) is 3.91. The highest BCUT2D eigenvalue weighted by Crippen LogP contribution is 2.28. The first-order chi connectivity index (χ1) is 6.56. The van der Waals surface area contributed by atoms with Gasteiger partial charge in [-0.3, -0.25) is 0 Å². The molecule has 0 aliphatic carbocycles. The quantitative estimate of drug-likeness (QED) is 0.667. The standard InChI is InChI=1S/C9H8BrClO2S/c1-2-13-9(12)8-6(11)3-5(10)4-7(8)14/h3-4,14H,2H2,1H3. The summed E-state index contributed by atoms with van der Waals surface area (Å²) in [7, 11) is 0. The van der Waals surface area contributed by atoms with Crippen molar-refractivity contribution in [2.75, 3.05) is 6.61 Å². The van der Waals surface area contributed by atoms with E-state index in [0.717, 1.165) is 4.47 Å². The second kappa shape index (κ2) is 5.05. The molecule has 0 saturated heterocycles. The summed E-state index contributed by atoms with van der Waals surface area (Å²) in [5.74, 6) is -0.449. The van der Waals surface area contributed by atoms with E-state index >= 15 is 0 Å². The summed E-state index contributed by atoms with van der Waals surface area (Å²) in [5, 5.41) is 0.336. The SMILES string of the molecule is CCOC(=O)c1c(S)cc(Br)cc1Cl. The second-order valence-electron chi connectivity index (χ2n) is 2.50. The zero-order chi connectivity index (χ0) is 10.7. The molecule has 0 aromatic heterocycles. The Bertz CT molecular complexity index is 345. The molecule has 2 nitrogen and oxygen atoms in total. The molecular weight excluding hydrogens is 288 g/mol. The van der Waals surface area contributed by atoms with Crippen LogP contribution in [0.2, 0.25) is 5.02 Å². The highest BCUT2D eigenvalue weighted by Gasteiger charge is 2.15. The lowest BCUT2D eigenvalue weighted by molar-refractivity contribution is 0.0522. The largest absolute Gasteiger partial charge is 0.462 e. The van der Waals surface area contributed by atoms with Crippen LogP contribution in [0.3, 0.4) is 0 Å². The summed E-state index contributed by atoms with van der Waals surface area (Å²) in [5.41, 5.74) is 0.306. The van der Waals surface area contributed by atoms with Crippen LogP contribution in [-0.2, 0) is 4.74 Å². The van der Waals surface area contributed by atoms with Crippen molar-refractivity contribution in [2.24, 2.45) is 0 Å². The monoisotopic (exact) mass is 294 g/mol. The molecule has 0 spiro atoms. The number of ether oxygens (including phenoxy) is 1. The van der Waals surface area contributed by atoms with Crippen molar-refractivity contribution in [3.05, 3.63) is 27.2 Å². The van der Waals surface area contributed by atoms with E-state index in [9.17, 15) is 4.79 Å². The van der Waals surface area contributed by atoms with Crippen LogP contribution in [0, 0.1) is 0 Å². The summed E-state index contributed by atoms with van der Waals surface area (Å²) >= 11 is 13.3. The number of benzene rings is 1. The lowest BCUT2D eigenvalue weighted by Gasteiger charge is -2.07. The van der Waals surface area contributed by atoms with Gasteiger partial charge in [-0.1, -0.05) is 27.5 Å². The molecule has 0 saturated carbocycles. The molecule has 5 heteroatoms. The zero-order valence-electron chi connectivity index (χ0n) is 7.38. The zero-order valence-corrected chi connectivity index (χ0v) is 10.6. The van der Waals surface area contributed by atoms with Crippen molar-refractivity contribution < 1.29 is 9.53 Å². The van der Waals surface area contributed by atoms with Gasteiger partial charge in [0.25, 0.3) is 0 Å². The number of hydrogen-bond donors (Lipinski definition) is 1. The number of halogens is 2. The highest BCUT2D eigenvalue weighted by atomic mass is 79.9. The van der Waals surface area contributed by atoms with Crippen LogP contribution in [0.4, 0.5) is 0 Å². The molecule has 0 unspecified atom stereocenters. The molecule has 76 valence electrons. The van der Waals surface area contributed by atoms with Crippen LogP contribution in [0.15, 0.2) is 21.5 Å². The minimum absolute atomic E-state index is 0.306. The van der Waals surface area contributed by atoms with Gasteiger partial charge in [-0.15, -0.1) is 12.6 Å². The van der Waals surface area contributed by atoms with E-state index in [1.807, 2.05) is 0 Å². The van der Waals surface area contributed by atoms with E-state index in [1.165, 1.54) is 0 Å². The van der Waals surface area contributed by atoms with E-state index in [4.69, 9.17) is 16.3 Å². The third kappa shape index (κ3) is 2.65. The molecule has 0 bridgehead atoms. The van der Waals surface area contributed by atoms with Crippen LogP contribution < -0.4 is 0 Å². The molecule has 1 aromatic carbocycles. The molecule has 0 amide bonds. The Kier molecular flexibility index (Phi) is 4.29. The van der Waals surface area contributed by atoms with Gasteiger partial charge in [0.2, 0.25) is 0 Å². The predicted molar refractivity (Wildman–Crippen MR) is 62.4 cm³/mol. The average Bonchev–Trinajstić information content (AvgIpc) is 2.01. The molecule has 0 N–H and O–H groups in total. The topological polar surface area (TPSA) is 26.3 Å². The van der Waals surface area contributed by atoms with Gasteiger partial charge in [-0.25, -0.2) is 4.79 Å². The maximum absolute atomic E-state index is 11.4. The van der Waals surface area contributed by atoms with Crippen LogP contribution >= 0.6 is 40.2 Å². The minimum Gasteiger partial charge on any atom is -0.462 e. The summed E-state index contributed by atoms with van der Waals surface area (Å²) in [6.07, 6.45) is 0. The number of carbonyl (C=O) groups is 1. The molecule has 0 aliphatic heterocycles. The Morgan fingerprint density at radius 2 is 2.29 bits per heavy atom. The maximum atomic E-state index is 11.4. The first kappa shape index (κ1) is 11.9. The number of rotatable bonds is 2. The summed E-state index contributed by atoms with van der Waals surface area (Å²) in [4.78, 5) is 11.9. The van der Waals surface area contributed by atoms with Crippen molar-refractivity contribution in [3.8, 4) is 0 Å². The Hall–Kier alpha value is -0.190. The third-order valence-electron chi connectivity index (χ3n) is 1.51. The lowest BCUT2D eigenvalue weighted by Crippen LogP contribution is -2.06. The number of hydrogen-bond acceptors (Lipinski definition) is 3. The van der Waals surface area contributed by atoms with E-state index in [-0.39, 0.29) is 0 Å². The number of thiol groups is 1. The van der Waals surface area contributed by atoms with Crippen molar-refractivity contribution in [1.29, 1.82) is 0 Å². The second-order valence-corrected chi connectivity index (χ2v) is 4.31. The molecule has 0 atom stereocenters. The molecule has 14 heavy (non-hydrogen) atoms. The fraction of sp³-hybridized carbons (Fsp3) is 0.222. The predicted octanol–water partition coefficient (Wildman–Crippen LogP) is 3.57. The summed E-state index contributed by atoms with van der Waals surface area (Å²) in [6, 6.07) is 3.33. The van der Waals surface area contributed by atoms with Crippen LogP contribution in [-0.4, -0.2) is 12.6 Å². The molecule has 0 fully saturated rings. The number of esters is 1. The van der Waals surface area contributed by atoms with Crippen LogP contribution in [0.25, 0.3) is 0 Å². The minimum atomic E-state index is -0.449. The smallest absolute Gasteiger partial charge is 0.340 e.